The Labute approximate surface area is 140 Å². The molecule has 124 valence electrons. The van der Waals surface area contributed by atoms with Crippen molar-refractivity contribution in [2.45, 2.75) is 13.5 Å². The van der Waals surface area contributed by atoms with Crippen LogP contribution >= 0.6 is 0 Å². The summed E-state index contributed by atoms with van der Waals surface area (Å²) in [4.78, 5) is 0. The van der Waals surface area contributed by atoms with E-state index in [1.54, 1.807) is 14.2 Å². The van der Waals surface area contributed by atoms with Gasteiger partial charge in [0.15, 0.2) is 0 Å². The van der Waals surface area contributed by atoms with E-state index >= 15 is 0 Å². The zero-order valence-corrected chi connectivity index (χ0v) is 13.9. The predicted octanol–water partition coefficient (Wildman–Crippen LogP) is 3.67. The lowest BCUT2D eigenvalue weighted by molar-refractivity contribution is 0.404. The molecule has 1 heterocycles. The molecule has 6 heteroatoms. The van der Waals surface area contributed by atoms with E-state index in [2.05, 4.69) is 15.5 Å². The number of rotatable bonds is 6. The smallest absolute Gasteiger partial charge is 0.248 e. The van der Waals surface area contributed by atoms with Crippen LogP contribution < -0.4 is 14.8 Å². The predicted molar refractivity (Wildman–Crippen MR) is 91.3 cm³/mol. The summed E-state index contributed by atoms with van der Waals surface area (Å²) in [6, 6.07) is 13.4. The highest BCUT2D eigenvalue weighted by molar-refractivity contribution is 5.60. The fourth-order valence-electron chi connectivity index (χ4n) is 2.37. The lowest BCUT2D eigenvalue weighted by Crippen LogP contribution is -2.02. The number of anilines is 1. The highest BCUT2D eigenvalue weighted by Gasteiger charge is 2.11. The zero-order valence-electron chi connectivity index (χ0n) is 13.9. The molecule has 0 amide bonds. The van der Waals surface area contributed by atoms with E-state index < -0.39 is 0 Å². The van der Waals surface area contributed by atoms with Crippen molar-refractivity contribution in [3.8, 4) is 23.0 Å². The molecular weight excluding hydrogens is 306 g/mol. The summed E-state index contributed by atoms with van der Waals surface area (Å²) in [5, 5.41) is 11.5. The highest BCUT2D eigenvalue weighted by Crippen LogP contribution is 2.29. The van der Waals surface area contributed by atoms with Crippen LogP contribution in [0.15, 0.2) is 46.9 Å². The van der Waals surface area contributed by atoms with Gasteiger partial charge in [0.2, 0.25) is 11.8 Å². The van der Waals surface area contributed by atoms with Gasteiger partial charge in [0.1, 0.15) is 11.5 Å². The van der Waals surface area contributed by atoms with Crippen molar-refractivity contribution in [3.05, 3.63) is 53.9 Å². The number of hydrogen-bond donors (Lipinski definition) is 1. The summed E-state index contributed by atoms with van der Waals surface area (Å²) in [7, 11) is 3.24. The van der Waals surface area contributed by atoms with Crippen molar-refractivity contribution >= 4 is 5.69 Å². The Kier molecular flexibility index (Phi) is 4.65. The molecule has 1 N–H and O–H groups in total. The summed E-state index contributed by atoms with van der Waals surface area (Å²) in [5.74, 6) is 2.47. The first-order chi connectivity index (χ1) is 11.7. The maximum atomic E-state index is 5.75. The molecule has 6 nitrogen and oxygen atoms in total. The van der Waals surface area contributed by atoms with Crippen molar-refractivity contribution < 1.29 is 13.9 Å². The fraction of sp³-hybridized carbons (Fsp3) is 0.222. The summed E-state index contributed by atoms with van der Waals surface area (Å²) >= 11 is 0. The maximum absolute atomic E-state index is 5.75. The number of nitrogens with zero attached hydrogens (tertiary/aromatic N) is 2. The number of hydrogen-bond acceptors (Lipinski definition) is 6. The third-order valence-corrected chi connectivity index (χ3v) is 3.68. The number of benzene rings is 2. The van der Waals surface area contributed by atoms with Gasteiger partial charge in [-0.25, -0.2) is 0 Å². The van der Waals surface area contributed by atoms with Gasteiger partial charge in [0, 0.05) is 11.6 Å². The van der Waals surface area contributed by atoms with Crippen molar-refractivity contribution in [1.82, 2.24) is 10.2 Å². The first kappa shape index (κ1) is 15.9. The molecule has 0 aliphatic heterocycles. The van der Waals surface area contributed by atoms with Crippen molar-refractivity contribution in [3.63, 3.8) is 0 Å². The van der Waals surface area contributed by atoms with Gasteiger partial charge < -0.3 is 19.2 Å². The van der Waals surface area contributed by atoms with Gasteiger partial charge in [-0.05, 0) is 30.7 Å². The van der Waals surface area contributed by atoms with Crippen LogP contribution in [0.1, 0.15) is 11.5 Å². The van der Waals surface area contributed by atoms with Crippen LogP contribution in [0.3, 0.4) is 0 Å². The van der Waals surface area contributed by atoms with Gasteiger partial charge >= 0.3 is 0 Å². The second-order valence-electron chi connectivity index (χ2n) is 5.24. The molecule has 1 aromatic heterocycles. The summed E-state index contributed by atoms with van der Waals surface area (Å²) in [5.41, 5.74) is 2.83. The van der Waals surface area contributed by atoms with Crippen molar-refractivity contribution in [1.29, 1.82) is 0 Å². The Morgan fingerprint density at radius 2 is 1.88 bits per heavy atom. The zero-order chi connectivity index (χ0) is 16.9. The minimum atomic E-state index is 0.391. The number of ether oxygens (including phenoxy) is 2. The normalized spacial score (nSPS) is 10.5. The van der Waals surface area contributed by atoms with Crippen LogP contribution in [0.25, 0.3) is 11.5 Å². The third-order valence-electron chi connectivity index (χ3n) is 3.68. The van der Waals surface area contributed by atoms with Crippen LogP contribution in [0, 0.1) is 6.92 Å². The van der Waals surface area contributed by atoms with E-state index in [-0.39, 0.29) is 0 Å². The minimum Gasteiger partial charge on any atom is -0.497 e. The molecule has 0 aliphatic carbocycles. The van der Waals surface area contributed by atoms with Crippen molar-refractivity contribution in [2.24, 2.45) is 0 Å². The summed E-state index contributed by atoms with van der Waals surface area (Å²) < 4.78 is 16.3. The molecule has 3 aromatic rings. The van der Waals surface area contributed by atoms with E-state index in [1.807, 2.05) is 49.4 Å². The van der Waals surface area contributed by atoms with Crippen LogP contribution in [0.5, 0.6) is 11.5 Å². The average molecular weight is 325 g/mol. The van der Waals surface area contributed by atoms with E-state index in [0.29, 0.717) is 18.3 Å². The van der Waals surface area contributed by atoms with E-state index in [0.717, 1.165) is 28.3 Å². The molecule has 0 saturated heterocycles. The standard InChI is InChI=1S/C18H19N3O3/c1-12-6-4-5-7-14(12)18-21-20-17(24-18)11-19-15-10-13(22-2)8-9-16(15)23-3/h4-10,19H,11H2,1-3H3. The van der Waals surface area contributed by atoms with Gasteiger partial charge in [-0.1, -0.05) is 18.2 Å². The molecule has 24 heavy (non-hydrogen) atoms. The number of nitrogens with one attached hydrogen (secondary N) is 1. The Morgan fingerprint density at radius 3 is 2.62 bits per heavy atom. The van der Waals surface area contributed by atoms with E-state index in [9.17, 15) is 0 Å². The lowest BCUT2D eigenvalue weighted by atomic mass is 10.1. The summed E-state index contributed by atoms with van der Waals surface area (Å²) in [6.45, 7) is 2.40. The first-order valence-corrected chi connectivity index (χ1v) is 7.55. The first-order valence-electron chi connectivity index (χ1n) is 7.55. The molecular formula is C18H19N3O3. The number of aryl methyl sites for hydroxylation is 1. The Morgan fingerprint density at radius 1 is 1.04 bits per heavy atom. The lowest BCUT2D eigenvalue weighted by Gasteiger charge is -2.11. The van der Waals surface area contributed by atoms with Crippen LogP contribution in [-0.4, -0.2) is 24.4 Å². The summed E-state index contributed by atoms with van der Waals surface area (Å²) in [6.07, 6.45) is 0. The molecule has 0 radical (unpaired) electrons. The van der Waals surface area contributed by atoms with Gasteiger partial charge in [0.25, 0.3) is 0 Å². The maximum Gasteiger partial charge on any atom is 0.248 e. The Hall–Kier alpha value is -3.02. The fourth-order valence-corrected chi connectivity index (χ4v) is 2.37. The highest BCUT2D eigenvalue weighted by atomic mass is 16.5. The van der Waals surface area contributed by atoms with Crippen LogP contribution in [-0.2, 0) is 6.54 Å². The molecule has 3 rings (SSSR count). The monoisotopic (exact) mass is 325 g/mol. The molecule has 0 aliphatic rings. The second-order valence-corrected chi connectivity index (χ2v) is 5.24. The average Bonchev–Trinajstić information content (AvgIpc) is 3.08. The largest absolute Gasteiger partial charge is 0.497 e. The van der Waals surface area contributed by atoms with Gasteiger partial charge in [-0.15, -0.1) is 10.2 Å². The molecule has 0 atom stereocenters. The minimum absolute atomic E-state index is 0.391. The third kappa shape index (κ3) is 3.32. The number of methoxy groups -OCH3 is 2. The Bertz CT molecular complexity index is 830. The SMILES string of the molecule is COc1ccc(OC)c(NCc2nnc(-c3ccccc3C)o2)c1. The van der Waals surface area contributed by atoms with Crippen molar-refractivity contribution in [2.75, 3.05) is 19.5 Å². The second kappa shape index (κ2) is 7.04. The Balaban J connectivity index is 1.75. The molecule has 0 unspecified atom stereocenters. The molecule has 0 spiro atoms. The van der Waals surface area contributed by atoms with Gasteiger partial charge in [-0.3, -0.25) is 0 Å². The van der Waals surface area contributed by atoms with E-state index in [1.165, 1.54) is 0 Å². The van der Waals surface area contributed by atoms with E-state index in [4.69, 9.17) is 13.9 Å². The molecule has 0 fully saturated rings. The number of aromatic nitrogens is 2. The van der Waals surface area contributed by atoms with Crippen LogP contribution in [0.2, 0.25) is 0 Å². The quantitative estimate of drug-likeness (QED) is 0.745. The molecule has 0 bridgehead atoms. The molecule has 0 saturated carbocycles. The topological polar surface area (TPSA) is 69.4 Å². The molecule has 2 aromatic carbocycles. The van der Waals surface area contributed by atoms with Gasteiger partial charge in [-0.2, -0.15) is 0 Å². The van der Waals surface area contributed by atoms with Crippen LogP contribution in [0.4, 0.5) is 5.69 Å². The van der Waals surface area contributed by atoms with Gasteiger partial charge in [0.05, 0.1) is 26.5 Å².